The third-order valence-corrected chi connectivity index (χ3v) is 2.83. The van der Waals surface area contributed by atoms with Crippen molar-refractivity contribution < 1.29 is 14.7 Å². The van der Waals surface area contributed by atoms with Crippen molar-refractivity contribution in [3.63, 3.8) is 0 Å². The lowest BCUT2D eigenvalue weighted by Crippen LogP contribution is -2.35. The number of halogens is 1. The first kappa shape index (κ1) is 14.3. The van der Waals surface area contributed by atoms with Gasteiger partial charge in [0.05, 0.1) is 22.8 Å². The van der Waals surface area contributed by atoms with Gasteiger partial charge in [0.25, 0.3) is 0 Å². The summed E-state index contributed by atoms with van der Waals surface area (Å²) in [7, 11) is 1.56. The van der Waals surface area contributed by atoms with Crippen LogP contribution >= 0.6 is 11.6 Å². The maximum absolute atomic E-state index is 11.4. The molecule has 0 radical (unpaired) electrons. The molecule has 6 heteroatoms. The van der Waals surface area contributed by atoms with Crippen LogP contribution in [0.15, 0.2) is 18.2 Å². The highest BCUT2D eigenvalue weighted by Crippen LogP contribution is 2.26. The number of benzene rings is 1. The summed E-state index contributed by atoms with van der Waals surface area (Å²) in [6, 6.07) is 4.46. The smallest absolute Gasteiger partial charge is 0.335 e. The van der Waals surface area contributed by atoms with Gasteiger partial charge in [-0.3, -0.25) is 4.79 Å². The second-order valence-electron chi connectivity index (χ2n) is 3.66. The molecular weight excluding hydrogens is 256 g/mol. The Balaban J connectivity index is 3.00. The summed E-state index contributed by atoms with van der Waals surface area (Å²) >= 11 is 6.04. The Kier molecular flexibility index (Phi) is 4.97. The number of likely N-dealkylation sites (N-methyl/N-ethyl adjacent to an activating group) is 2. The van der Waals surface area contributed by atoms with Crippen molar-refractivity contribution in [3.05, 3.63) is 28.8 Å². The van der Waals surface area contributed by atoms with Crippen molar-refractivity contribution >= 4 is 29.2 Å². The Morgan fingerprint density at radius 2 is 2.11 bits per heavy atom. The molecule has 0 spiro atoms. The minimum atomic E-state index is -1.03. The van der Waals surface area contributed by atoms with Crippen LogP contribution in [0, 0.1) is 0 Å². The number of rotatable bonds is 5. The highest BCUT2D eigenvalue weighted by atomic mass is 35.5. The number of carbonyl (C=O) groups is 2. The number of carboxylic acids is 1. The number of carboxylic acid groups (broad SMARTS) is 1. The van der Waals surface area contributed by atoms with Crippen LogP contribution in [-0.4, -0.2) is 37.1 Å². The lowest BCUT2D eigenvalue weighted by Gasteiger charge is -2.23. The first-order chi connectivity index (χ1) is 8.49. The third-order valence-electron chi connectivity index (χ3n) is 2.53. The number of nitrogens with one attached hydrogen (secondary N) is 1. The average molecular weight is 271 g/mol. The van der Waals surface area contributed by atoms with E-state index in [1.807, 2.05) is 6.92 Å². The van der Waals surface area contributed by atoms with E-state index < -0.39 is 5.97 Å². The van der Waals surface area contributed by atoms with E-state index in [0.717, 1.165) is 0 Å². The molecule has 0 unspecified atom stereocenters. The summed E-state index contributed by atoms with van der Waals surface area (Å²) in [6.45, 7) is 2.67. The van der Waals surface area contributed by atoms with Crippen LogP contribution in [0.25, 0.3) is 0 Å². The van der Waals surface area contributed by atoms with E-state index in [-0.39, 0.29) is 18.0 Å². The molecule has 0 saturated heterocycles. The van der Waals surface area contributed by atoms with E-state index in [1.54, 1.807) is 18.0 Å². The number of amides is 1. The van der Waals surface area contributed by atoms with Crippen LogP contribution < -0.4 is 10.2 Å². The second kappa shape index (κ2) is 6.26. The Labute approximate surface area is 110 Å². The molecule has 0 bridgehead atoms. The van der Waals surface area contributed by atoms with Crippen LogP contribution in [0.1, 0.15) is 17.3 Å². The lowest BCUT2D eigenvalue weighted by atomic mass is 10.2. The third kappa shape index (κ3) is 3.37. The lowest BCUT2D eigenvalue weighted by molar-refractivity contribution is -0.119. The van der Waals surface area contributed by atoms with Gasteiger partial charge in [-0.2, -0.15) is 0 Å². The molecule has 18 heavy (non-hydrogen) atoms. The Hall–Kier alpha value is -1.75. The number of hydrogen-bond acceptors (Lipinski definition) is 3. The predicted octanol–water partition coefficient (Wildman–Crippen LogP) is 1.61. The van der Waals surface area contributed by atoms with Crippen molar-refractivity contribution in [1.82, 2.24) is 5.32 Å². The van der Waals surface area contributed by atoms with Gasteiger partial charge in [0, 0.05) is 13.6 Å². The quantitative estimate of drug-likeness (QED) is 0.853. The molecule has 0 atom stereocenters. The zero-order chi connectivity index (χ0) is 13.7. The molecule has 1 aromatic rings. The zero-order valence-electron chi connectivity index (χ0n) is 10.2. The molecule has 1 rings (SSSR count). The number of anilines is 1. The molecule has 1 amide bonds. The molecule has 0 aliphatic rings. The summed E-state index contributed by atoms with van der Waals surface area (Å²) in [6.07, 6.45) is 0. The Bertz CT molecular complexity index is 463. The fourth-order valence-electron chi connectivity index (χ4n) is 1.52. The van der Waals surface area contributed by atoms with Crippen molar-refractivity contribution in [1.29, 1.82) is 0 Å². The first-order valence-electron chi connectivity index (χ1n) is 5.48. The summed E-state index contributed by atoms with van der Waals surface area (Å²) < 4.78 is 0. The Morgan fingerprint density at radius 3 is 2.56 bits per heavy atom. The van der Waals surface area contributed by atoms with E-state index in [2.05, 4.69) is 5.32 Å². The van der Waals surface area contributed by atoms with Crippen LogP contribution in [-0.2, 0) is 4.79 Å². The van der Waals surface area contributed by atoms with Gasteiger partial charge < -0.3 is 15.3 Å². The van der Waals surface area contributed by atoms with Gasteiger partial charge >= 0.3 is 5.97 Å². The van der Waals surface area contributed by atoms with Crippen LogP contribution in [0.5, 0.6) is 0 Å². The fraction of sp³-hybridized carbons (Fsp3) is 0.333. The highest BCUT2D eigenvalue weighted by molar-refractivity contribution is 6.33. The number of hydrogen-bond donors (Lipinski definition) is 2. The molecular formula is C12H15ClN2O3. The molecule has 2 N–H and O–H groups in total. The number of aromatic carboxylic acids is 1. The first-order valence-corrected chi connectivity index (χ1v) is 5.85. The summed E-state index contributed by atoms with van der Waals surface area (Å²) in [5.74, 6) is -1.16. The van der Waals surface area contributed by atoms with E-state index in [4.69, 9.17) is 16.7 Å². The van der Waals surface area contributed by atoms with Crippen molar-refractivity contribution in [2.75, 3.05) is 25.0 Å². The maximum Gasteiger partial charge on any atom is 0.335 e. The van der Waals surface area contributed by atoms with Crippen molar-refractivity contribution in [3.8, 4) is 0 Å². The minimum absolute atomic E-state index is 0.125. The molecule has 5 nitrogen and oxygen atoms in total. The average Bonchev–Trinajstić information content (AvgIpc) is 2.35. The standard InChI is InChI=1S/C12H15ClN2O3/c1-3-15(7-11(16)14-2)10-5-4-8(12(17)18)6-9(10)13/h4-6H,3,7H2,1-2H3,(H,14,16)(H,17,18). The summed E-state index contributed by atoms with van der Waals surface area (Å²) in [4.78, 5) is 23.9. The fourth-order valence-corrected chi connectivity index (χ4v) is 1.82. The minimum Gasteiger partial charge on any atom is -0.478 e. The van der Waals surface area contributed by atoms with Crippen molar-refractivity contribution in [2.45, 2.75) is 6.92 Å². The highest BCUT2D eigenvalue weighted by Gasteiger charge is 2.14. The van der Waals surface area contributed by atoms with Gasteiger partial charge in [0.15, 0.2) is 0 Å². The number of nitrogens with zero attached hydrogens (tertiary/aromatic N) is 1. The number of carbonyl (C=O) groups excluding carboxylic acids is 1. The SMILES string of the molecule is CCN(CC(=O)NC)c1ccc(C(=O)O)cc1Cl. The topological polar surface area (TPSA) is 69.6 Å². The van der Waals surface area contributed by atoms with E-state index >= 15 is 0 Å². The van der Waals surface area contributed by atoms with Gasteiger partial charge in [0.1, 0.15) is 0 Å². The Morgan fingerprint density at radius 1 is 1.44 bits per heavy atom. The van der Waals surface area contributed by atoms with Crippen molar-refractivity contribution in [2.24, 2.45) is 0 Å². The van der Waals surface area contributed by atoms with Crippen LogP contribution in [0.4, 0.5) is 5.69 Å². The monoisotopic (exact) mass is 270 g/mol. The van der Waals surface area contributed by atoms with Gasteiger partial charge in [-0.25, -0.2) is 4.79 Å². The predicted molar refractivity (Wildman–Crippen MR) is 70.4 cm³/mol. The van der Waals surface area contributed by atoms with E-state index in [0.29, 0.717) is 17.3 Å². The van der Waals surface area contributed by atoms with E-state index in [1.165, 1.54) is 12.1 Å². The molecule has 0 saturated carbocycles. The van der Waals surface area contributed by atoms with E-state index in [9.17, 15) is 9.59 Å². The zero-order valence-corrected chi connectivity index (χ0v) is 11.0. The molecule has 0 fully saturated rings. The largest absolute Gasteiger partial charge is 0.478 e. The van der Waals surface area contributed by atoms with Crippen LogP contribution in [0.2, 0.25) is 5.02 Å². The molecule has 0 aromatic heterocycles. The van der Waals surface area contributed by atoms with Gasteiger partial charge in [-0.15, -0.1) is 0 Å². The molecule has 0 aliphatic carbocycles. The van der Waals surface area contributed by atoms with Gasteiger partial charge in [-0.05, 0) is 25.1 Å². The van der Waals surface area contributed by atoms with Crippen LogP contribution in [0.3, 0.4) is 0 Å². The second-order valence-corrected chi connectivity index (χ2v) is 4.07. The summed E-state index contributed by atoms with van der Waals surface area (Å²) in [5.41, 5.74) is 0.771. The normalized spacial score (nSPS) is 9.94. The summed E-state index contributed by atoms with van der Waals surface area (Å²) in [5, 5.41) is 11.7. The molecule has 0 heterocycles. The molecule has 1 aromatic carbocycles. The molecule has 98 valence electrons. The van der Waals surface area contributed by atoms with Gasteiger partial charge in [0.2, 0.25) is 5.91 Å². The maximum atomic E-state index is 11.4. The van der Waals surface area contributed by atoms with Gasteiger partial charge in [-0.1, -0.05) is 11.6 Å². The molecule has 0 aliphatic heterocycles.